The molecule has 0 spiro atoms. The smallest absolute Gasteiger partial charge is 0.208 e. The van der Waals surface area contributed by atoms with E-state index in [9.17, 15) is 0 Å². The van der Waals surface area contributed by atoms with Crippen molar-refractivity contribution in [2.45, 2.75) is 20.4 Å². The van der Waals surface area contributed by atoms with Crippen LogP contribution in [0.3, 0.4) is 0 Å². The molecule has 0 amide bonds. The highest BCUT2D eigenvalue weighted by atomic mass is 35.5. The Morgan fingerprint density at radius 2 is 1.95 bits per heavy atom. The standard InChI is InChI=1S/C15H19ClN4O/c1-11-12(2)21-15(18-11)10-19-5-7-20(8-6-19)14-4-3-13(16)9-17-14/h3-4,9H,5-8,10H2,1-2H3. The van der Waals surface area contributed by atoms with Crippen molar-refractivity contribution in [2.24, 2.45) is 0 Å². The summed E-state index contributed by atoms with van der Waals surface area (Å²) < 4.78 is 5.65. The first-order chi connectivity index (χ1) is 10.1. The third-order valence-electron chi connectivity index (χ3n) is 3.84. The van der Waals surface area contributed by atoms with Gasteiger partial charge in [0.15, 0.2) is 0 Å². The summed E-state index contributed by atoms with van der Waals surface area (Å²) in [6.45, 7) is 8.56. The lowest BCUT2D eigenvalue weighted by Gasteiger charge is -2.34. The molecule has 1 aliphatic rings. The second-order valence-electron chi connectivity index (χ2n) is 5.35. The second kappa shape index (κ2) is 6.03. The van der Waals surface area contributed by atoms with Gasteiger partial charge in [0.2, 0.25) is 5.89 Å². The lowest BCUT2D eigenvalue weighted by Crippen LogP contribution is -2.46. The fourth-order valence-corrected chi connectivity index (χ4v) is 2.60. The van der Waals surface area contributed by atoms with Gasteiger partial charge in [0, 0.05) is 32.4 Å². The van der Waals surface area contributed by atoms with Gasteiger partial charge in [-0.15, -0.1) is 0 Å². The molecule has 0 radical (unpaired) electrons. The monoisotopic (exact) mass is 306 g/mol. The third kappa shape index (κ3) is 3.36. The maximum absolute atomic E-state index is 5.87. The molecule has 1 aliphatic heterocycles. The Labute approximate surface area is 129 Å². The van der Waals surface area contributed by atoms with E-state index in [4.69, 9.17) is 16.0 Å². The zero-order valence-corrected chi connectivity index (χ0v) is 13.1. The van der Waals surface area contributed by atoms with Crippen LogP contribution in [0.15, 0.2) is 22.7 Å². The average molecular weight is 307 g/mol. The molecular weight excluding hydrogens is 288 g/mol. The molecule has 3 heterocycles. The Bertz CT molecular complexity index is 583. The average Bonchev–Trinajstić information content (AvgIpc) is 2.79. The predicted molar refractivity (Wildman–Crippen MR) is 82.7 cm³/mol. The highest BCUT2D eigenvalue weighted by Crippen LogP contribution is 2.17. The third-order valence-corrected chi connectivity index (χ3v) is 4.06. The summed E-state index contributed by atoms with van der Waals surface area (Å²) >= 11 is 5.87. The number of hydrogen-bond acceptors (Lipinski definition) is 5. The van der Waals surface area contributed by atoms with Crippen LogP contribution in [-0.2, 0) is 6.54 Å². The van der Waals surface area contributed by atoms with E-state index in [0.29, 0.717) is 5.02 Å². The number of aromatic nitrogens is 2. The molecule has 2 aromatic rings. The molecule has 0 N–H and O–H groups in total. The van der Waals surface area contributed by atoms with Crippen molar-refractivity contribution < 1.29 is 4.42 Å². The predicted octanol–water partition coefficient (Wildman–Crippen LogP) is 2.66. The van der Waals surface area contributed by atoms with Crippen molar-refractivity contribution in [3.05, 3.63) is 40.7 Å². The quantitative estimate of drug-likeness (QED) is 0.872. The van der Waals surface area contributed by atoms with Crippen LogP contribution >= 0.6 is 11.6 Å². The van der Waals surface area contributed by atoms with Gasteiger partial charge in [-0.05, 0) is 26.0 Å². The van der Waals surface area contributed by atoms with Gasteiger partial charge in [-0.1, -0.05) is 11.6 Å². The van der Waals surface area contributed by atoms with Gasteiger partial charge < -0.3 is 9.32 Å². The molecule has 6 heteroatoms. The topological polar surface area (TPSA) is 45.4 Å². The fraction of sp³-hybridized carbons (Fsp3) is 0.467. The highest BCUT2D eigenvalue weighted by Gasteiger charge is 2.19. The van der Waals surface area contributed by atoms with Crippen LogP contribution in [0.5, 0.6) is 0 Å². The largest absolute Gasteiger partial charge is 0.444 e. The van der Waals surface area contributed by atoms with E-state index in [-0.39, 0.29) is 0 Å². The number of pyridine rings is 1. The normalized spacial score (nSPS) is 16.4. The molecule has 0 unspecified atom stereocenters. The van der Waals surface area contributed by atoms with E-state index in [0.717, 1.165) is 55.9 Å². The van der Waals surface area contributed by atoms with E-state index >= 15 is 0 Å². The number of anilines is 1. The summed E-state index contributed by atoms with van der Waals surface area (Å²) in [7, 11) is 0. The Kier molecular flexibility index (Phi) is 4.12. The van der Waals surface area contributed by atoms with Crippen molar-refractivity contribution >= 4 is 17.4 Å². The zero-order valence-electron chi connectivity index (χ0n) is 12.3. The fourth-order valence-electron chi connectivity index (χ4n) is 2.49. The number of oxazole rings is 1. The van der Waals surface area contributed by atoms with Crippen LogP contribution in [0.1, 0.15) is 17.3 Å². The van der Waals surface area contributed by atoms with Crippen molar-refractivity contribution in [3.8, 4) is 0 Å². The molecule has 0 aromatic carbocycles. The first kappa shape index (κ1) is 14.4. The van der Waals surface area contributed by atoms with Gasteiger partial charge >= 0.3 is 0 Å². The number of halogens is 1. The molecule has 0 atom stereocenters. The van der Waals surface area contributed by atoms with Crippen LogP contribution in [0, 0.1) is 13.8 Å². The molecule has 5 nitrogen and oxygen atoms in total. The van der Waals surface area contributed by atoms with Crippen molar-refractivity contribution in [1.29, 1.82) is 0 Å². The Hall–Kier alpha value is -1.59. The van der Waals surface area contributed by atoms with Gasteiger partial charge in [0.1, 0.15) is 11.6 Å². The maximum atomic E-state index is 5.87. The van der Waals surface area contributed by atoms with Crippen LogP contribution in [0.4, 0.5) is 5.82 Å². The van der Waals surface area contributed by atoms with E-state index in [2.05, 4.69) is 19.8 Å². The minimum Gasteiger partial charge on any atom is -0.444 e. The van der Waals surface area contributed by atoms with Gasteiger partial charge in [-0.25, -0.2) is 9.97 Å². The van der Waals surface area contributed by atoms with E-state index in [1.807, 2.05) is 26.0 Å². The van der Waals surface area contributed by atoms with E-state index < -0.39 is 0 Å². The first-order valence-electron chi connectivity index (χ1n) is 7.13. The summed E-state index contributed by atoms with van der Waals surface area (Å²) in [5.41, 5.74) is 0.981. The number of aryl methyl sites for hydroxylation is 2. The van der Waals surface area contributed by atoms with E-state index in [1.165, 1.54) is 0 Å². The highest BCUT2D eigenvalue weighted by molar-refractivity contribution is 6.30. The van der Waals surface area contributed by atoms with Crippen LogP contribution in [-0.4, -0.2) is 41.0 Å². The summed E-state index contributed by atoms with van der Waals surface area (Å²) in [5.74, 6) is 2.71. The number of hydrogen-bond donors (Lipinski definition) is 0. The lowest BCUT2D eigenvalue weighted by atomic mass is 10.3. The molecule has 112 valence electrons. The lowest BCUT2D eigenvalue weighted by molar-refractivity contribution is 0.224. The molecule has 0 aliphatic carbocycles. The van der Waals surface area contributed by atoms with Gasteiger partial charge in [0.25, 0.3) is 0 Å². The maximum Gasteiger partial charge on any atom is 0.208 e. The molecule has 0 bridgehead atoms. The summed E-state index contributed by atoms with van der Waals surface area (Å²) in [6, 6.07) is 3.85. The molecule has 1 saturated heterocycles. The Balaban J connectivity index is 1.56. The Morgan fingerprint density at radius 3 is 2.52 bits per heavy atom. The van der Waals surface area contributed by atoms with Crippen molar-refractivity contribution in [3.63, 3.8) is 0 Å². The molecule has 2 aromatic heterocycles. The van der Waals surface area contributed by atoms with Gasteiger partial charge in [0.05, 0.1) is 17.3 Å². The Morgan fingerprint density at radius 1 is 1.19 bits per heavy atom. The van der Waals surface area contributed by atoms with Crippen LogP contribution in [0.25, 0.3) is 0 Å². The molecular formula is C15H19ClN4O. The van der Waals surface area contributed by atoms with Crippen molar-refractivity contribution in [2.75, 3.05) is 31.1 Å². The van der Waals surface area contributed by atoms with Gasteiger partial charge in [-0.2, -0.15) is 0 Å². The minimum atomic E-state index is 0.673. The summed E-state index contributed by atoms with van der Waals surface area (Å²) in [6.07, 6.45) is 1.70. The number of rotatable bonds is 3. The molecule has 0 saturated carbocycles. The zero-order chi connectivity index (χ0) is 14.8. The van der Waals surface area contributed by atoms with Crippen LogP contribution < -0.4 is 4.90 Å². The molecule has 3 rings (SSSR count). The molecule has 21 heavy (non-hydrogen) atoms. The van der Waals surface area contributed by atoms with Crippen LogP contribution in [0.2, 0.25) is 5.02 Å². The number of piperazine rings is 1. The molecule has 1 fully saturated rings. The second-order valence-corrected chi connectivity index (χ2v) is 5.78. The number of nitrogens with zero attached hydrogens (tertiary/aromatic N) is 4. The van der Waals surface area contributed by atoms with Crippen molar-refractivity contribution in [1.82, 2.24) is 14.9 Å². The van der Waals surface area contributed by atoms with E-state index in [1.54, 1.807) is 6.20 Å². The summed E-state index contributed by atoms with van der Waals surface area (Å²) in [4.78, 5) is 13.4. The summed E-state index contributed by atoms with van der Waals surface area (Å²) in [5, 5.41) is 0.673. The first-order valence-corrected chi connectivity index (χ1v) is 7.51. The minimum absolute atomic E-state index is 0.673. The van der Waals surface area contributed by atoms with Gasteiger partial charge in [-0.3, -0.25) is 4.90 Å². The SMILES string of the molecule is Cc1nc(CN2CCN(c3ccc(Cl)cn3)CC2)oc1C.